The van der Waals surface area contributed by atoms with E-state index in [1.54, 1.807) is 36.4 Å². The molecule has 34 heavy (non-hydrogen) atoms. The molecule has 3 aromatic rings. The molecule has 0 aromatic heterocycles. The fraction of sp³-hybridized carbons (Fsp3) is 0.143. The van der Waals surface area contributed by atoms with Gasteiger partial charge in [0.1, 0.15) is 30.4 Å². The summed E-state index contributed by atoms with van der Waals surface area (Å²) in [6.07, 6.45) is 0. The van der Waals surface area contributed by atoms with Crippen LogP contribution in [0.3, 0.4) is 0 Å². The van der Waals surface area contributed by atoms with Crippen molar-refractivity contribution in [1.82, 2.24) is 0 Å². The maximum absolute atomic E-state index is 10.4. The number of hydrogen-bond acceptors (Lipinski definition) is 9. The third kappa shape index (κ3) is 12.0. The monoisotopic (exact) mass is 706 g/mol. The van der Waals surface area contributed by atoms with Gasteiger partial charge in [-0.3, -0.25) is 0 Å². The van der Waals surface area contributed by atoms with Gasteiger partial charge < -0.3 is 13.7 Å². The largest absolute Gasteiger partial charge is 3.00 e. The van der Waals surface area contributed by atoms with Gasteiger partial charge in [0, 0.05) is 0 Å². The van der Waals surface area contributed by atoms with Gasteiger partial charge in [-0.15, -0.1) is 0 Å². The Hall–Kier alpha value is -1.96. The van der Waals surface area contributed by atoms with Gasteiger partial charge in [-0.05, 0) is 57.2 Å². The molecule has 0 saturated heterocycles. The first kappa shape index (κ1) is 32.0. The molecule has 0 heterocycles. The summed E-state index contributed by atoms with van der Waals surface area (Å²) < 4.78 is 93.5. The summed E-state index contributed by atoms with van der Waals surface area (Å²) in [4.78, 5) is -0.533. The zero-order chi connectivity index (χ0) is 25.4. The van der Waals surface area contributed by atoms with Crippen molar-refractivity contribution in [2.24, 2.45) is 0 Å². The maximum atomic E-state index is 10.4. The topological polar surface area (TPSA) is 172 Å². The summed E-state index contributed by atoms with van der Waals surface area (Å²) in [5, 5.41) is 0. The molecule has 0 bridgehead atoms. The zero-order valence-corrected chi connectivity index (χ0v) is 23.0. The van der Waals surface area contributed by atoms with Crippen molar-refractivity contribution >= 4 is 30.4 Å². The van der Waals surface area contributed by atoms with Crippen molar-refractivity contribution in [2.75, 3.05) is 0 Å². The van der Waals surface area contributed by atoms with E-state index in [0.29, 0.717) is 0 Å². The minimum absolute atomic E-state index is 0. The molecule has 0 amide bonds. The van der Waals surface area contributed by atoms with E-state index in [0.717, 1.165) is 16.7 Å². The number of aryl methyl sites for hydroxylation is 3. The van der Waals surface area contributed by atoms with Crippen LogP contribution < -0.4 is 0 Å². The fourth-order valence-corrected chi connectivity index (χ4v) is 3.52. The molecule has 0 fully saturated rings. The van der Waals surface area contributed by atoms with Gasteiger partial charge in [-0.25, -0.2) is 25.3 Å². The number of hydrogen-bond donors (Lipinski definition) is 0. The predicted molar refractivity (Wildman–Crippen MR) is 117 cm³/mol. The second kappa shape index (κ2) is 13.2. The molecule has 3 aromatic carbocycles. The molecule has 0 aliphatic heterocycles. The van der Waals surface area contributed by atoms with Gasteiger partial charge in [-0.1, -0.05) is 53.1 Å². The van der Waals surface area contributed by atoms with Crippen LogP contribution in [0.25, 0.3) is 0 Å². The summed E-state index contributed by atoms with van der Waals surface area (Å²) in [6.45, 7) is 5.46. The Kier molecular flexibility index (Phi) is 12.5. The average molecular weight is 706 g/mol. The third-order valence-electron chi connectivity index (χ3n) is 3.93. The first-order valence-corrected chi connectivity index (χ1v) is 13.3. The number of benzene rings is 3. The Morgan fingerprint density at radius 2 is 0.559 bits per heavy atom. The van der Waals surface area contributed by atoms with E-state index in [9.17, 15) is 38.9 Å². The molecule has 186 valence electrons. The van der Waals surface area contributed by atoms with Gasteiger partial charge in [0.2, 0.25) is 0 Å². The van der Waals surface area contributed by atoms with E-state index < -0.39 is 30.4 Å². The summed E-state index contributed by atoms with van der Waals surface area (Å²) in [5.74, 6) is 0. The van der Waals surface area contributed by atoms with Crippen molar-refractivity contribution in [1.29, 1.82) is 0 Å². The van der Waals surface area contributed by atoms with E-state index in [1.165, 1.54) is 36.4 Å². The maximum Gasteiger partial charge on any atom is 3.00 e. The van der Waals surface area contributed by atoms with E-state index in [2.05, 4.69) is 0 Å². The van der Waals surface area contributed by atoms with E-state index in [4.69, 9.17) is 0 Å². The molecule has 0 aliphatic rings. The smallest absolute Gasteiger partial charge is 0.744 e. The van der Waals surface area contributed by atoms with Crippen LogP contribution in [-0.2, 0) is 50.5 Å². The van der Waals surface area contributed by atoms with E-state index in [1.807, 2.05) is 20.8 Å². The minimum Gasteiger partial charge on any atom is -0.744 e. The van der Waals surface area contributed by atoms with Crippen LogP contribution in [-0.4, -0.2) is 38.9 Å². The van der Waals surface area contributed by atoms with Gasteiger partial charge in [0.15, 0.2) is 0 Å². The van der Waals surface area contributed by atoms with Crippen molar-refractivity contribution in [3.63, 3.8) is 0 Å². The molecule has 0 saturated carbocycles. The predicted octanol–water partition coefficient (Wildman–Crippen LogP) is 2.69. The number of rotatable bonds is 3. The van der Waals surface area contributed by atoms with Gasteiger partial charge in [0.25, 0.3) is 0 Å². The van der Waals surface area contributed by atoms with Gasteiger partial charge >= 0.3 is 20.1 Å². The second-order valence-corrected chi connectivity index (χ2v) is 10.9. The van der Waals surface area contributed by atoms with Crippen LogP contribution in [0.1, 0.15) is 16.7 Å². The van der Waals surface area contributed by atoms with E-state index in [-0.39, 0.29) is 34.8 Å². The normalized spacial score (nSPS) is 11.1. The molecule has 0 N–H and O–H groups in total. The van der Waals surface area contributed by atoms with Crippen LogP contribution in [0.2, 0.25) is 0 Å². The summed E-state index contributed by atoms with van der Waals surface area (Å²) >= 11 is 0. The third-order valence-corrected chi connectivity index (χ3v) is 6.48. The minimum atomic E-state index is -4.27. The van der Waals surface area contributed by atoms with Gasteiger partial charge in [0.05, 0.1) is 14.7 Å². The Bertz CT molecular complexity index is 1190. The van der Waals surface area contributed by atoms with Crippen LogP contribution in [0.15, 0.2) is 87.5 Å². The molecular weight excluding hydrogens is 685 g/mol. The molecule has 3 rings (SSSR count). The molecule has 9 nitrogen and oxygen atoms in total. The van der Waals surface area contributed by atoms with Gasteiger partial charge in [-0.2, -0.15) is 0 Å². The average Bonchev–Trinajstić information content (AvgIpc) is 2.68. The fourth-order valence-electron chi connectivity index (χ4n) is 2.11. The van der Waals surface area contributed by atoms with Crippen LogP contribution in [0.5, 0.6) is 0 Å². The second-order valence-electron chi connectivity index (χ2n) is 6.80. The Balaban J connectivity index is 0.000000473. The van der Waals surface area contributed by atoms with Crippen molar-refractivity contribution in [3.05, 3.63) is 89.5 Å². The van der Waals surface area contributed by atoms with Crippen LogP contribution in [0, 0.1) is 20.8 Å². The SMILES string of the molecule is Cc1ccc(S(=O)(=O)[O-])cc1.Cc1ccc(S(=O)(=O)[O-])cc1.Cc1ccc(S(=O)(=O)[O-])cc1.[Ir+3]. The van der Waals surface area contributed by atoms with Crippen molar-refractivity contribution in [2.45, 2.75) is 35.5 Å². The molecular formula is C21H21IrO9S3. The Labute approximate surface area is 213 Å². The quantitative estimate of drug-likeness (QED) is 0.372. The summed E-state index contributed by atoms with van der Waals surface area (Å²) in [5.41, 5.74) is 2.78. The molecule has 0 radical (unpaired) electrons. The first-order valence-electron chi connectivity index (χ1n) is 9.08. The molecule has 13 heteroatoms. The van der Waals surface area contributed by atoms with Crippen molar-refractivity contribution in [3.8, 4) is 0 Å². The summed E-state index contributed by atoms with van der Waals surface area (Å²) in [6, 6.07) is 17.3. The molecule has 0 aliphatic carbocycles. The Morgan fingerprint density at radius 1 is 0.412 bits per heavy atom. The van der Waals surface area contributed by atoms with Crippen molar-refractivity contribution < 1.29 is 59.0 Å². The zero-order valence-electron chi connectivity index (χ0n) is 18.2. The molecule has 0 atom stereocenters. The summed E-state index contributed by atoms with van der Waals surface area (Å²) in [7, 11) is -12.8. The standard InChI is InChI=1S/3C7H8O3S.Ir/c3*1-6-2-4-7(5-3-6)11(8,9)10;/h3*2-5H,1H3,(H,8,9,10);/q;;;+3/p-3. The Morgan fingerprint density at radius 3 is 0.676 bits per heavy atom. The molecule has 0 spiro atoms. The molecule has 0 unspecified atom stereocenters. The first-order chi connectivity index (χ1) is 15.0. The van der Waals surface area contributed by atoms with Crippen LogP contribution >= 0.6 is 0 Å². The van der Waals surface area contributed by atoms with E-state index >= 15 is 0 Å². The van der Waals surface area contributed by atoms with Crippen LogP contribution in [0.4, 0.5) is 0 Å².